The van der Waals surface area contributed by atoms with Crippen LogP contribution in [-0.2, 0) is 4.79 Å². The van der Waals surface area contributed by atoms with Gasteiger partial charge < -0.3 is 21.1 Å². The summed E-state index contributed by atoms with van der Waals surface area (Å²) in [6.07, 6.45) is 0. The maximum atomic E-state index is 12.2. The lowest BCUT2D eigenvalue weighted by atomic mass is 10.1. The molecule has 0 bridgehead atoms. The third-order valence-electron chi connectivity index (χ3n) is 3.58. The number of carbonyl (C=O) groups is 2. The van der Waals surface area contributed by atoms with Gasteiger partial charge in [0.05, 0.1) is 11.3 Å². The molecule has 6 heteroatoms. The van der Waals surface area contributed by atoms with Crippen molar-refractivity contribution in [3.05, 3.63) is 59.2 Å². The predicted molar refractivity (Wildman–Crippen MR) is 97.9 cm³/mol. The lowest BCUT2D eigenvalue weighted by Gasteiger charge is -2.13. The topological polar surface area (TPSA) is 93.4 Å². The van der Waals surface area contributed by atoms with Crippen LogP contribution in [0.25, 0.3) is 0 Å². The van der Waals surface area contributed by atoms with Gasteiger partial charge in [-0.25, -0.2) is 0 Å². The molecule has 0 spiro atoms. The second kappa shape index (κ2) is 8.84. The van der Waals surface area contributed by atoms with E-state index in [1.165, 1.54) is 0 Å². The van der Waals surface area contributed by atoms with Crippen LogP contribution < -0.4 is 21.1 Å². The van der Waals surface area contributed by atoms with Crippen LogP contribution in [0.1, 0.15) is 21.5 Å². The molecule has 2 rings (SSSR count). The number of para-hydroxylation sites is 1. The lowest BCUT2D eigenvalue weighted by molar-refractivity contribution is -0.118. The van der Waals surface area contributed by atoms with Gasteiger partial charge in [0.25, 0.3) is 11.8 Å². The van der Waals surface area contributed by atoms with E-state index in [1.54, 1.807) is 24.3 Å². The van der Waals surface area contributed by atoms with Gasteiger partial charge in [-0.15, -0.1) is 0 Å². The Morgan fingerprint density at radius 1 is 1.12 bits per heavy atom. The molecule has 0 unspecified atom stereocenters. The summed E-state index contributed by atoms with van der Waals surface area (Å²) in [6.45, 7) is 4.47. The molecule has 2 amide bonds. The van der Waals surface area contributed by atoms with Gasteiger partial charge in [0.1, 0.15) is 5.75 Å². The van der Waals surface area contributed by atoms with Crippen LogP contribution in [0, 0.1) is 13.8 Å². The summed E-state index contributed by atoms with van der Waals surface area (Å²) in [7, 11) is 0. The van der Waals surface area contributed by atoms with Crippen LogP contribution in [0.5, 0.6) is 5.75 Å². The second-order valence-corrected chi connectivity index (χ2v) is 5.70. The summed E-state index contributed by atoms with van der Waals surface area (Å²) in [6, 6.07) is 12.6. The Morgan fingerprint density at radius 2 is 1.88 bits per heavy atom. The third-order valence-corrected chi connectivity index (χ3v) is 3.58. The predicted octanol–water partition coefficient (Wildman–Crippen LogP) is 2.01. The highest BCUT2D eigenvalue weighted by Crippen LogP contribution is 2.19. The minimum atomic E-state index is -0.333. The fourth-order valence-corrected chi connectivity index (χ4v) is 2.26. The van der Waals surface area contributed by atoms with E-state index in [0.29, 0.717) is 30.1 Å². The number of aryl methyl sites for hydroxylation is 2. The van der Waals surface area contributed by atoms with E-state index in [0.717, 1.165) is 11.1 Å². The number of ether oxygens (including phenoxy) is 1. The summed E-state index contributed by atoms with van der Waals surface area (Å²) >= 11 is 0. The zero-order chi connectivity index (χ0) is 18.2. The molecule has 132 valence electrons. The molecule has 0 aliphatic carbocycles. The highest BCUT2D eigenvalue weighted by Gasteiger charge is 2.13. The van der Waals surface area contributed by atoms with E-state index < -0.39 is 0 Å². The molecule has 2 aromatic rings. The van der Waals surface area contributed by atoms with E-state index in [2.05, 4.69) is 10.6 Å². The SMILES string of the molecule is Cc1ccc(C)c(OCC(=O)Nc2ccccc2C(=O)NCCN)c1. The van der Waals surface area contributed by atoms with Crippen LogP contribution in [0.4, 0.5) is 5.69 Å². The Balaban J connectivity index is 2.01. The van der Waals surface area contributed by atoms with Crippen molar-refractivity contribution >= 4 is 17.5 Å². The second-order valence-electron chi connectivity index (χ2n) is 5.70. The molecule has 0 saturated heterocycles. The van der Waals surface area contributed by atoms with Crippen molar-refractivity contribution in [2.45, 2.75) is 13.8 Å². The molecule has 0 aromatic heterocycles. The number of carbonyl (C=O) groups excluding carboxylic acids is 2. The maximum absolute atomic E-state index is 12.2. The van der Waals surface area contributed by atoms with Gasteiger partial charge in [-0.1, -0.05) is 24.3 Å². The standard InChI is InChI=1S/C19H23N3O3/c1-13-7-8-14(2)17(11-13)25-12-18(23)22-16-6-4-3-5-15(16)19(24)21-10-9-20/h3-8,11H,9-10,12,20H2,1-2H3,(H,21,24)(H,22,23). The summed E-state index contributed by atoms with van der Waals surface area (Å²) in [5.74, 6) is 0.0564. The summed E-state index contributed by atoms with van der Waals surface area (Å²) in [5.41, 5.74) is 8.23. The van der Waals surface area contributed by atoms with Crippen LogP contribution >= 0.6 is 0 Å². The van der Waals surface area contributed by atoms with Crippen LogP contribution in [0.3, 0.4) is 0 Å². The summed E-state index contributed by atoms with van der Waals surface area (Å²) < 4.78 is 5.59. The van der Waals surface area contributed by atoms with E-state index in [1.807, 2.05) is 32.0 Å². The number of nitrogens with two attached hydrogens (primary N) is 1. The molecule has 0 saturated carbocycles. The Labute approximate surface area is 147 Å². The first-order valence-corrected chi connectivity index (χ1v) is 8.08. The molecule has 0 heterocycles. The first-order valence-electron chi connectivity index (χ1n) is 8.08. The number of amides is 2. The van der Waals surface area contributed by atoms with Crippen molar-refractivity contribution in [2.24, 2.45) is 5.73 Å². The Hall–Kier alpha value is -2.86. The maximum Gasteiger partial charge on any atom is 0.262 e. The van der Waals surface area contributed by atoms with E-state index in [9.17, 15) is 9.59 Å². The largest absolute Gasteiger partial charge is 0.483 e. The average molecular weight is 341 g/mol. The van der Waals surface area contributed by atoms with Crippen molar-refractivity contribution in [1.29, 1.82) is 0 Å². The summed E-state index contributed by atoms with van der Waals surface area (Å²) in [4.78, 5) is 24.3. The van der Waals surface area contributed by atoms with Gasteiger partial charge >= 0.3 is 0 Å². The Kier molecular flexibility index (Phi) is 6.54. The van der Waals surface area contributed by atoms with Crippen LogP contribution in [0.2, 0.25) is 0 Å². The van der Waals surface area contributed by atoms with Gasteiger partial charge in [0.2, 0.25) is 0 Å². The molecule has 0 aliphatic rings. The molecule has 0 atom stereocenters. The quantitative estimate of drug-likeness (QED) is 0.718. The van der Waals surface area contributed by atoms with Gasteiger partial charge in [-0.2, -0.15) is 0 Å². The number of rotatable bonds is 7. The fraction of sp³-hybridized carbons (Fsp3) is 0.263. The van der Waals surface area contributed by atoms with Gasteiger partial charge in [0.15, 0.2) is 6.61 Å². The number of benzene rings is 2. The Bertz CT molecular complexity index is 759. The van der Waals surface area contributed by atoms with Crippen LogP contribution in [-0.4, -0.2) is 31.5 Å². The zero-order valence-corrected chi connectivity index (χ0v) is 14.5. The summed E-state index contributed by atoms with van der Waals surface area (Å²) in [5, 5.41) is 5.40. The molecule has 0 aliphatic heterocycles. The van der Waals surface area contributed by atoms with Gasteiger partial charge in [-0.05, 0) is 43.2 Å². The van der Waals surface area contributed by atoms with Crippen molar-refractivity contribution in [2.75, 3.05) is 25.0 Å². The number of hydrogen-bond donors (Lipinski definition) is 3. The van der Waals surface area contributed by atoms with Crippen molar-refractivity contribution in [3.8, 4) is 5.75 Å². The van der Waals surface area contributed by atoms with Crippen molar-refractivity contribution in [3.63, 3.8) is 0 Å². The van der Waals surface area contributed by atoms with Crippen molar-refractivity contribution in [1.82, 2.24) is 5.32 Å². The monoisotopic (exact) mass is 341 g/mol. The number of anilines is 1. The average Bonchev–Trinajstić information content (AvgIpc) is 2.61. The first kappa shape index (κ1) is 18.5. The highest BCUT2D eigenvalue weighted by atomic mass is 16.5. The number of nitrogens with one attached hydrogen (secondary N) is 2. The molecule has 0 radical (unpaired) electrons. The van der Waals surface area contributed by atoms with Crippen molar-refractivity contribution < 1.29 is 14.3 Å². The highest BCUT2D eigenvalue weighted by molar-refractivity contribution is 6.04. The first-order chi connectivity index (χ1) is 12.0. The Morgan fingerprint density at radius 3 is 2.64 bits per heavy atom. The van der Waals surface area contributed by atoms with E-state index in [4.69, 9.17) is 10.5 Å². The molecule has 25 heavy (non-hydrogen) atoms. The molecular formula is C19H23N3O3. The van der Waals surface area contributed by atoms with Crippen LogP contribution in [0.15, 0.2) is 42.5 Å². The minimum Gasteiger partial charge on any atom is -0.483 e. The van der Waals surface area contributed by atoms with E-state index in [-0.39, 0.29) is 18.4 Å². The smallest absolute Gasteiger partial charge is 0.262 e. The third kappa shape index (κ3) is 5.32. The molecule has 0 fully saturated rings. The van der Waals surface area contributed by atoms with Gasteiger partial charge in [-0.3, -0.25) is 9.59 Å². The minimum absolute atomic E-state index is 0.136. The fourth-order valence-electron chi connectivity index (χ4n) is 2.26. The molecular weight excluding hydrogens is 318 g/mol. The zero-order valence-electron chi connectivity index (χ0n) is 14.5. The molecule has 6 nitrogen and oxygen atoms in total. The van der Waals surface area contributed by atoms with Gasteiger partial charge in [0, 0.05) is 13.1 Å². The molecule has 2 aromatic carbocycles. The van der Waals surface area contributed by atoms with E-state index >= 15 is 0 Å². The molecule has 4 N–H and O–H groups in total. The normalized spacial score (nSPS) is 10.2. The lowest BCUT2D eigenvalue weighted by Crippen LogP contribution is -2.30. The number of hydrogen-bond acceptors (Lipinski definition) is 4.